The zero-order valence-corrected chi connectivity index (χ0v) is 17.6. The first-order chi connectivity index (χ1) is 13.9. The van der Waals surface area contributed by atoms with E-state index in [1.807, 2.05) is 42.5 Å². The van der Waals surface area contributed by atoms with Crippen molar-refractivity contribution in [1.82, 2.24) is 4.31 Å². The summed E-state index contributed by atoms with van der Waals surface area (Å²) in [7, 11) is -3.50. The summed E-state index contributed by atoms with van der Waals surface area (Å²) in [6, 6.07) is 25.7. The minimum Gasteiger partial charge on any atom is -0.366 e. The third-order valence-electron chi connectivity index (χ3n) is 5.56. The molecule has 0 N–H and O–H groups in total. The van der Waals surface area contributed by atoms with Crippen molar-refractivity contribution in [2.45, 2.75) is 24.8 Å². The van der Waals surface area contributed by atoms with Crippen molar-refractivity contribution in [1.29, 1.82) is 0 Å². The molecule has 0 amide bonds. The molecule has 3 aromatic carbocycles. The summed E-state index contributed by atoms with van der Waals surface area (Å²) in [6.45, 7) is 5.81. The Hall–Kier alpha value is -2.63. The Kier molecular flexibility index (Phi) is 5.43. The van der Waals surface area contributed by atoms with Gasteiger partial charge in [-0.1, -0.05) is 60.2 Å². The molecule has 0 spiro atoms. The molecule has 1 aliphatic heterocycles. The van der Waals surface area contributed by atoms with Gasteiger partial charge in [-0.25, -0.2) is 8.42 Å². The van der Waals surface area contributed by atoms with Crippen LogP contribution in [0, 0.1) is 6.92 Å². The second-order valence-electron chi connectivity index (χ2n) is 7.63. The Labute approximate surface area is 173 Å². The van der Waals surface area contributed by atoms with E-state index in [4.69, 9.17) is 0 Å². The first kappa shape index (κ1) is 19.7. The Morgan fingerprint density at radius 3 is 2.03 bits per heavy atom. The zero-order valence-electron chi connectivity index (χ0n) is 16.8. The highest BCUT2D eigenvalue weighted by Gasteiger charge is 2.32. The van der Waals surface area contributed by atoms with Crippen molar-refractivity contribution in [3.8, 4) is 11.1 Å². The van der Waals surface area contributed by atoms with Gasteiger partial charge < -0.3 is 4.90 Å². The van der Waals surface area contributed by atoms with Crippen molar-refractivity contribution in [2.75, 3.05) is 24.5 Å². The average Bonchev–Trinajstić information content (AvgIpc) is 2.75. The Balaban J connectivity index is 1.50. The van der Waals surface area contributed by atoms with Crippen LogP contribution in [0.4, 0.5) is 5.69 Å². The first-order valence-corrected chi connectivity index (χ1v) is 11.4. The van der Waals surface area contributed by atoms with Crippen LogP contribution in [-0.4, -0.2) is 38.4 Å². The van der Waals surface area contributed by atoms with Crippen molar-refractivity contribution in [3.05, 3.63) is 84.4 Å². The fraction of sp³-hybridized carbons (Fsp3) is 0.250. The topological polar surface area (TPSA) is 40.6 Å². The fourth-order valence-corrected chi connectivity index (χ4v) is 5.37. The monoisotopic (exact) mass is 406 g/mol. The second kappa shape index (κ2) is 8.01. The number of hydrogen-bond donors (Lipinski definition) is 0. The summed E-state index contributed by atoms with van der Waals surface area (Å²) >= 11 is 0. The Morgan fingerprint density at radius 2 is 1.41 bits per heavy atom. The molecule has 3 aromatic rings. The maximum absolute atomic E-state index is 13.2. The third-order valence-corrected chi connectivity index (χ3v) is 7.43. The van der Waals surface area contributed by atoms with Crippen LogP contribution >= 0.6 is 0 Å². The van der Waals surface area contributed by atoms with Gasteiger partial charge in [0.15, 0.2) is 0 Å². The van der Waals surface area contributed by atoms with E-state index in [1.165, 1.54) is 5.56 Å². The summed E-state index contributed by atoms with van der Waals surface area (Å²) in [4.78, 5) is 2.64. The lowest BCUT2D eigenvalue weighted by Gasteiger charge is -2.40. The van der Waals surface area contributed by atoms with E-state index in [2.05, 4.69) is 43.0 Å². The Morgan fingerprint density at radius 1 is 0.793 bits per heavy atom. The molecule has 1 fully saturated rings. The lowest BCUT2D eigenvalue weighted by atomic mass is 10.1. The van der Waals surface area contributed by atoms with Gasteiger partial charge in [0.25, 0.3) is 0 Å². The van der Waals surface area contributed by atoms with Crippen LogP contribution in [0.25, 0.3) is 11.1 Å². The van der Waals surface area contributed by atoms with E-state index >= 15 is 0 Å². The summed E-state index contributed by atoms with van der Waals surface area (Å²) < 4.78 is 28.0. The molecule has 1 atom stereocenters. The lowest BCUT2D eigenvalue weighted by molar-refractivity contribution is 0.342. The largest absolute Gasteiger partial charge is 0.366 e. The third kappa shape index (κ3) is 4.07. The van der Waals surface area contributed by atoms with E-state index < -0.39 is 10.0 Å². The van der Waals surface area contributed by atoms with Crippen LogP contribution in [0.1, 0.15) is 12.5 Å². The highest BCUT2D eigenvalue weighted by molar-refractivity contribution is 7.89. The van der Waals surface area contributed by atoms with Gasteiger partial charge in [-0.15, -0.1) is 0 Å². The number of sulfonamides is 1. The van der Waals surface area contributed by atoms with Crippen LogP contribution in [0.2, 0.25) is 0 Å². The maximum Gasteiger partial charge on any atom is 0.243 e. The highest BCUT2D eigenvalue weighted by atomic mass is 32.2. The molecule has 0 radical (unpaired) electrons. The van der Waals surface area contributed by atoms with E-state index in [1.54, 1.807) is 16.4 Å². The molecular formula is C24H26N2O2S. The van der Waals surface area contributed by atoms with Gasteiger partial charge in [0.1, 0.15) is 0 Å². The SMILES string of the molecule is Cc1ccc(N2CCN(S(=O)(=O)c3ccc(-c4ccccc4)cc3)CC2C)cc1. The predicted octanol–water partition coefficient (Wildman–Crippen LogP) is 4.56. The zero-order chi connectivity index (χ0) is 20.4. The molecule has 1 saturated heterocycles. The van der Waals surface area contributed by atoms with Gasteiger partial charge in [-0.05, 0) is 49.2 Å². The van der Waals surface area contributed by atoms with Crippen molar-refractivity contribution >= 4 is 15.7 Å². The quantitative estimate of drug-likeness (QED) is 0.638. The van der Waals surface area contributed by atoms with E-state index in [0.717, 1.165) is 16.8 Å². The van der Waals surface area contributed by atoms with Crippen molar-refractivity contribution in [3.63, 3.8) is 0 Å². The molecule has 1 unspecified atom stereocenters. The minimum atomic E-state index is -3.50. The molecular weight excluding hydrogens is 380 g/mol. The first-order valence-electron chi connectivity index (χ1n) is 9.94. The Bertz CT molecular complexity index is 1060. The molecule has 0 aliphatic carbocycles. The summed E-state index contributed by atoms with van der Waals surface area (Å²) in [5.74, 6) is 0. The molecule has 1 aliphatic rings. The molecule has 0 bridgehead atoms. The van der Waals surface area contributed by atoms with Crippen LogP contribution in [0.3, 0.4) is 0 Å². The number of aryl methyl sites for hydroxylation is 1. The predicted molar refractivity (Wildman–Crippen MR) is 119 cm³/mol. The van der Waals surface area contributed by atoms with E-state index in [0.29, 0.717) is 24.5 Å². The van der Waals surface area contributed by atoms with Gasteiger partial charge in [0, 0.05) is 31.4 Å². The van der Waals surface area contributed by atoms with Crippen molar-refractivity contribution < 1.29 is 8.42 Å². The van der Waals surface area contributed by atoms with Crippen LogP contribution < -0.4 is 4.90 Å². The van der Waals surface area contributed by atoms with Gasteiger partial charge in [-0.2, -0.15) is 4.31 Å². The fourth-order valence-electron chi connectivity index (χ4n) is 3.86. The van der Waals surface area contributed by atoms with Crippen LogP contribution in [0.5, 0.6) is 0 Å². The van der Waals surface area contributed by atoms with E-state index in [9.17, 15) is 8.42 Å². The molecule has 1 heterocycles. The molecule has 0 aromatic heterocycles. The second-order valence-corrected chi connectivity index (χ2v) is 9.57. The number of piperazine rings is 1. The van der Waals surface area contributed by atoms with Gasteiger partial charge in [0.2, 0.25) is 10.0 Å². The lowest BCUT2D eigenvalue weighted by Crippen LogP contribution is -2.53. The van der Waals surface area contributed by atoms with Crippen molar-refractivity contribution in [2.24, 2.45) is 0 Å². The van der Waals surface area contributed by atoms with Crippen LogP contribution in [0.15, 0.2) is 83.8 Å². The molecule has 0 saturated carbocycles. The minimum absolute atomic E-state index is 0.116. The number of hydrogen-bond acceptors (Lipinski definition) is 3. The normalized spacial score (nSPS) is 18.0. The summed E-state index contributed by atoms with van der Waals surface area (Å²) in [5.41, 5.74) is 4.47. The highest BCUT2D eigenvalue weighted by Crippen LogP contribution is 2.26. The number of rotatable bonds is 4. The van der Waals surface area contributed by atoms with Gasteiger partial charge in [0.05, 0.1) is 4.90 Å². The summed E-state index contributed by atoms with van der Waals surface area (Å²) in [6.07, 6.45) is 0. The smallest absolute Gasteiger partial charge is 0.243 e. The van der Waals surface area contributed by atoms with Crippen LogP contribution in [-0.2, 0) is 10.0 Å². The average molecular weight is 407 g/mol. The standard InChI is InChI=1S/C24H26N2O2S/c1-19-8-12-23(13-9-19)26-17-16-25(18-20(26)2)29(27,28)24-14-10-22(11-15-24)21-6-4-3-5-7-21/h3-15,20H,16-18H2,1-2H3. The molecule has 29 heavy (non-hydrogen) atoms. The summed E-state index contributed by atoms with van der Waals surface area (Å²) in [5, 5.41) is 0. The number of benzene rings is 3. The number of anilines is 1. The van der Waals surface area contributed by atoms with Gasteiger partial charge in [-0.3, -0.25) is 0 Å². The van der Waals surface area contributed by atoms with E-state index in [-0.39, 0.29) is 6.04 Å². The molecule has 4 rings (SSSR count). The van der Waals surface area contributed by atoms with Gasteiger partial charge >= 0.3 is 0 Å². The molecule has 150 valence electrons. The maximum atomic E-state index is 13.2. The number of nitrogens with zero attached hydrogens (tertiary/aromatic N) is 2. The molecule has 5 heteroatoms. The molecule has 4 nitrogen and oxygen atoms in total.